The Hall–Kier alpha value is -1.67. The monoisotopic (exact) mass is 400 g/mol. The number of para-hydroxylation sites is 1. The van der Waals surface area contributed by atoms with Crippen LogP contribution >= 0.6 is 12.4 Å². The Balaban J connectivity index is 0.00000243. The molecular weight excluding hydrogens is 379 g/mol. The molecule has 3 rings (SSSR count). The Morgan fingerprint density at radius 1 is 1.23 bits per heavy atom. The van der Waals surface area contributed by atoms with Crippen molar-refractivity contribution < 1.29 is 17.5 Å². The van der Waals surface area contributed by atoms with Crippen molar-refractivity contribution in [3.8, 4) is 5.75 Å². The topological polar surface area (TPSA) is 58.6 Å². The molecule has 0 radical (unpaired) electrons. The number of methoxy groups -OCH3 is 1. The second-order valence-corrected chi connectivity index (χ2v) is 7.88. The highest BCUT2D eigenvalue weighted by Crippen LogP contribution is 2.32. The fourth-order valence-corrected chi connectivity index (χ4v) is 4.86. The molecule has 1 saturated heterocycles. The first-order chi connectivity index (χ1) is 12.0. The molecule has 0 amide bonds. The lowest BCUT2D eigenvalue weighted by molar-refractivity contribution is 0.264. The van der Waals surface area contributed by atoms with Gasteiger partial charge in [-0.05, 0) is 23.8 Å². The third-order valence-electron chi connectivity index (χ3n) is 4.29. The Bertz CT molecular complexity index is 848. The second kappa shape index (κ2) is 8.81. The van der Waals surface area contributed by atoms with Crippen molar-refractivity contribution in [3.05, 3.63) is 65.5 Å². The summed E-state index contributed by atoms with van der Waals surface area (Å²) in [5, 5.41) is 3.24. The van der Waals surface area contributed by atoms with E-state index in [9.17, 15) is 12.8 Å². The normalized spacial score (nSPS) is 18.2. The van der Waals surface area contributed by atoms with Gasteiger partial charge in [-0.1, -0.05) is 30.3 Å². The largest absolute Gasteiger partial charge is 0.496 e. The molecule has 1 aliphatic rings. The van der Waals surface area contributed by atoms with Crippen LogP contribution in [0.5, 0.6) is 5.75 Å². The molecule has 1 aliphatic heterocycles. The molecule has 1 fully saturated rings. The molecule has 0 aliphatic carbocycles. The van der Waals surface area contributed by atoms with Crippen LogP contribution in [-0.2, 0) is 15.8 Å². The van der Waals surface area contributed by atoms with E-state index < -0.39 is 15.8 Å². The molecule has 142 valence electrons. The van der Waals surface area contributed by atoms with Crippen molar-refractivity contribution >= 4 is 22.4 Å². The molecule has 2 aromatic rings. The number of nitrogens with zero attached hydrogens (tertiary/aromatic N) is 1. The van der Waals surface area contributed by atoms with Gasteiger partial charge in [0.15, 0.2) is 0 Å². The first-order valence-electron chi connectivity index (χ1n) is 8.09. The van der Waals surface area contributed by atoms with Gasteiger partial charge in [0, 0.05) is 25.2 Å². The zero-order valence-corrected chi connectivity index (χ0v) is 16.0. The summed E-state index contributed by atoms with van der Waals surface area (Å²) < 4.78 is 46.2. The zero-order valence-electron chi connectivity index (χ0n) is 14.4. The number of hydrogen-bond donors (Lipinski definition) is 1. The number of nitrogens with one attached hydrogen (secondary N) is 1. The molecule has 8 heteroatoms. The van der Waals surface area contributed by atoms with Crippen LogP contribution in [0.3, 0.4) is 0 Å². The van der Waals surface area contributed by atoms with Gasteiger partial charge >= 0.3 is 0 Å². The minimum Gasteiger partial charge on any atom is -0.496 e. The van der Waals surface area contributed by atoms with Crippen molar-refractivity contribution in [2.24, 2.45) is 0 Å². The first kappa shape index (κ1) is 20.6. The number of rotatable bonds is 5. The average Bonchev–Trinajstić information content (AvgIpc) is 2.61. The Labute approximate surface area is 159 Å². The van der Waals surface area contributed by atoms with Crippen LogP contribution in [0, 0.1) is 5.82 Å². The third kappa shape index (κ3) is 4.54. The van der Waals surface area contributed by atoms with Crippen molar-refractivity contribution in [1.29, 1.82) is 0 Å². The van der Waals surface area contributed by atoms with E-state index in [0.29, 0.717) is 30.9 Å². The van der Waals surface area contributed by atoms with Gasteiger partial charge in [-0.3, -0.25) is 0 Å². The van der Waals surface area contributed by atoms with Crippen LogP contribution in [0.4, 0.5) is 4.39 Å². The van der Waals surface area contributed by atoms with E-state index in [4.69, 9.17) is 4.74 Å². The highest BCUT2D eigenvalue weighted by Gasteiger charge is 2.34. The summed E-state index contributed by atoms with van der Waals surface area (Å²) >= 11 is 0. The fourth-order valence-electron chi connectivity index (χ4n) is 3.15. The van der Waals surface area contributed by atoms with Crippen LogP contribution < -0.4 is 10.1 Å². The zero-order chi connectivity index (χ0) is 17.9. The van der Waals surface area contributed by atoms with E-state index in [1.807, 2.05) is 24.3 Å². The molecule has 26 heavy (non-hydrogen) atoms. The second-order valence-electron chi connectivity index (χ2n) is 5.96. The third-order valence-corrected chi connectivity index (χ3v) is 6.14. The SMILES string of the molecule is COc1ccccc1C1CNCCN1S(=O)(=O)Cc1cccc(F)c1.Cl. The summed E-state index contributed by atoms with van der Waals surface area (Å²) in [7, 11) is -2.03. The number of benzene rings is 2. The average molecular weight is 401 g/mol. The molecule has 2 aromatic carbocycles. The minimum atomic E-state index is -3.60. The number of piperazine rings is 1. The molecule has 5 nitrogen and oxygen atoms in total. The van der Waals surface area contributed by atoms with E-state index >= 15 is 0 Å². The number of halogens is 2. The van der Waals surface area contributed by atoms with Crippen molar-refractivity contribution in [2.75, 3.05) is 26.7 Å². The molecule has 0 spiro atoms. The first-order valence-corrected chi connectivity index (χ1v) is 9.70. The molecule has 1 unspecified atom stereocenters. The Morgan fingerprint density at radius 3 is 2.73 bits per heavy atom. The summed E-state index contributed by atoms with van der Waals surface area (Å²) in [6, 6.07) is 12.8. The van der Waals surface area contributed by atoms with Gasteiger partial charge < -0.3 is 10.1 Å². The minimum absolute atomic E-state index is 0. The fraction of sp³-hybridized carbons (Fsp3) is 0.333. The van der Waals surface area contributed by atoms with Gasteiger partial charge in [0.2, 0.25) is 10.0 Å². The lowest BCUT2D eigenvalue weighted by atomic mass is 10.0. The summed E-state index contributed by atoms with van der Waals surface area (Å²) in [6.07, 6.45) is 0. The van der Waals surface area contributed by atoms with Crippen molar-refractivity contribution in [3.63, 3.8) is 0 Å². The quantitative estimate of drug-likeness (QED) is 0.838. The van der Waals surface area contributed by atoms with Crippen molar-refractivity contribution in [1.82, 2.24) is 9.62 Å². The van der Waals surface area contributed by atoms with E-state index in [1.165, 1.54) is 22.5 Å². The highest BCUT2D eigenvalue weighted by molar-refractivity contribution is 7.88. The lowest BCUT2D eigenvalue weighted by Crippen LogP contribution is -2.49. The summed E-state index contributed by atoms with van der Waals surface area (Å²) in [5.41, 5.74) is 1.26. The van der Waals surface area contributed by atoms with E-state index in [-0.39, 0.29) is 24.2 Å². The lowest BCUT2D eigenvalue weighted by Gasteiger charge is -2.36. The van der Waals surface area contributed by atoms with Crippen LogP contribution in [0.25, 0.3) is 0 Å². The van der Waals surface area contributed by atoms with Crippen LogP contribution in [0.1, 0.15) is 17.2 Å². The van der Waals surface area contributed by atoms with E-state index in [2.05, 4.69) is 5.32 Å². The van der Waals surface area contributed by atoms with Crippen LogP contribution in [0.15, 0.2) is 48.5 Å². The predicted molar refractivity (Wildman–Crippen MR) is 102 cm³/mol. The smallest absolute Gasteiger partial charge is 0.218 e. The summed E-state index contributed by atoms with van der Waals surface area (Å²) in [4.78, 5) is 0. The maximum Gasteiger partial charge on any atom is 0.218 e. The standard InChI is InChI=1S/C18H21FN2O3S.ClH/c1-24-18-8-3-2-7-16(18)17-12-20-9-10-21(17)25(22,23)13-14-5-4-6-15(19)11-14;/h2-8,11,17,20H,9-10,12-13H2,1H3;1H. The molecule has 1 heterocycles. The van der Waals surface area contributed by atoms with Gasteiger partial charge in [0.1, 0.15) is 11.6 Å². The van der Waals surface area contributed by atoms with Crippen molar-refractivity contribution in [2.45, 2.75) is 11.8 Å². The molecular formula is C18H22ClFN2O3S. The molecule has 0 aromatic heterocycles. The van der Waals surface area contributed by atoms with Gasteiger partial charge in [-0.15, -0.1) is 12.4 Å². The molecule has 1 atom stereocenters. The molecule has 0 bridgehead atoms. The van der Waals surface area contributed by atoms with Crippen LogP contribution in [-0.4, -0.2) is 39.5 Å². The predicted octanol–water partition coefficient (Wildman–Crippen LogP) is 2.73. The van der Waals surface area contributed by atoms with Gasteiger partial charge in [-0.25, -0.2) is 12.8 Å². The number of hydrogen-bond acceptors (Lipinski definition) is 4. The maximum atomic E-state index is 13.4. The maximum absolute atomic E-state index is 13.4. The van der Waals surface area contributed by atoms with Crippen LogP contribution in [0.2, 0.25) is 0 Å². The van der Waals surface area contributed by atoms with Gasteiger partial charge in [0.05, 0.1) is 18.9 Å². The van der Waals surface area contributed by atoms with E-state index in [0.717, 1.165) is 5.56 Å². The molecule has 0 saturated carbocycles. The van der Waals surface area contributed by atoms with Gasteiger partial charge in [0.25, 0.3) is 0 Å². The number of sulfonamides is 1. The Morgan fingerprint density at radius 2 is 2.00 bits per heavy atom. The highest BCUT2D eigenvalue weighted by atomic mass is 35.5. The molecule has 1 N–H and O–H groups in total. The number of ether oxygens (including phenoxy) is 1. The van der Waals surface area contributed by atoms with Gasteiger partial charge in [-0.2, -0.15) is 4.31 Å². The van der Waals surface area contributed by atoms with E-state index in [1.54, 1.807) is 13.2 Å². The summed E-state index contributed by atoms with van der Waals surface area (Å²) in [5.74, 6) is -0.00685. The Kier molecular flexibility index (Phi) is 7.00. The summed E-state index contributed by atoms with van der Waals surface area (Å²) in [6.45, 7) is 1.44.